The molecule has 0 bridgehead atoms. The van der Waals surface area contributed by atoms with E-state index in [4.69, 9.17) is 27.8 Å². The molecule has 0 aliphatic carbocycles. The number of hydrogen-bond acceptors (Lipinski definition) is 10. The highest BCUT2D eigenvalue weighted by Gasteiger charge is 2.48. The molecule has 2 aromatic carbocycles. The number of nitrogen functional groups attached to an aromatic ring is 1. The number of rotatable bonds is 5. The molecule has 9 nitrogen and oxygen atoms in total. The van der Waals surface area contributed by atoms with Crippen LogP contribution in [0.5, 0.6) is 5.75 Å². The number of anilines is 2. The van der Waals surface area contributed by atoms with Crippen LogP contribution in [0.2, 0.25) is 5.02 Å². The van der Waals surface area contributed by atoms with Crippen molar-refractivity contribution in [3.8, 4) is 17.0 Å². The van der Waals surface area contributed by atoms with E-state index in [1.807, 2.05) is 47.4 Å². The van der Waals surface area contributed by atoms with Crippen molar-refractivity contribution in [1.29, 1.82) is 0 Å². The molecule has 1 saturated heterocycles. The number of benzene rings is 2. The summed E-state index contributed by atoms with van der Waals surface area (Å²) in [5.41, 5.74) is 15.2. The van der Waals surface area contributed by atoms with Gasteiger partial charge in [-0.1, -0.05) is 53.7 Å². The average Bonchev–Trinajstić information content (AvgIpc) is 3.22. The van der Waals surface area contributed by atoms with Gasteiger partial charge in [-0.05, 0) is 12.1 Å². The number of carbonyl (C=O) groups is 1. The molecule has 1 atom stereocenters. The maximum absolute atomic E-state index is 12.7. The third kappa shape index (κ3) is 4.58. The monoisotopic (exact) mass is 559 g/mol. The summed E-state index contributed by atoms with van der Waals surface area (Å²) in [6.45, 7) is 2.70. The van der Waals surface area contributed by atoms with Crippen LogP contribution in [0, 0.1) is 0 Å². The lowest BCUT2D eigenvalue weighted by Gasteiger charge is -2.41. The molecule has 4 heterocycles. The van der Waals surface area contributed by atoms with Crippen LogP contribution >= 0.6 is 23.4 Å². The molecule has 0 amide bonds. The van der Waals surface area contributed by atoms with Crippen LogP contribution in [-0.4, -0.2) is 44.4 Å². The Balaban J connectivity index is 1.26. The van der Waals surface area contributed by atoms with Crippen LogP contribution in [-0.2, 0) is 0 Å². The number of halogens is 1. The van der Waals surface area contributed by atoms with Crippen molar-refractivity contribution in [2.24, 2.45) is 5.73 Å². The zero-order valence-corrected chi connectivity index (χ0v) is 22.7. The number of nitrogens with two attached hydrogens (primary N) is 2. The Kier molecular flexibility index (Phi) is 6.62. The van der Waals surface area contributed by atoms with Crippen LogP contribution in [0.15, 0.2) is 71.0 Å². The van der Waals surface area contributed by atoms with Crippen molar-refractivity contribution >= 4 is 40.8 Å². The van der Waals surface area contributed by atoms with Crippen molar-refractivity contribution < 1.29 is 9.53 Å². The number of para-hydroxylation sites is 1. The van der Waals surface area contributed by atoms with Crippen molar-refractivity contribution in [3.63, 3.8) is 0 Å². The van der Waals surface area contributed by atoms with E-state index in [2.05, 4.69) is 19.9 Å². The highest BCUT2D eigenvalue weighted by atomic mass is 35.5. The fourth-order valence-electron chi connectivity index (χ4n) is 5.19. The third-order valence-electron chi connectivity index (χ3n) is 7.26. The van der Waals surface area contributed by atoms with E-state index >= 15 is 0 Å². The normalized spacial score (nSPS) is 17.6. The van der Waals surface area contributed by atoms with E-state index in [1.165, 1.54) is 18.7 Å². The Hall–Kier alpha value is -3.73. The first-order valence-corrected chi connectivity index (χ1v) is 13.8. The number of ether oxygens (including phenoxy) is 1. The quantitative estimate of drug-likeness (QED) is 0.323. The van der Waals surface area contributed by atoms with E-state index in [1.54, 1.807) is 18.6 Å². The standard InChI is InChI=1S/C28H26ClN7O2S/c1-16(37)23-26(36-13-9-28(10-14-36)24(30)18-5-2-3-7-20(18)38-28)35-25(31)27(34-23)39-21-8-4-6-17(22(21)29)19-15-32-11-12-33-19/h2-8,11-12,15,24H,9-10,13-14,30H2,1H3,(H2,31,35)/t24-/m1/s1. The molecule has 2 aliphatic heterocycles. The molecular weight excluding hydrogens is 534 g/mol. The largest absolute Gasteiger partial charge is 0.485 e. The minimum absolute atomic E-state index is 0.194. The van der Waals surface area contributed by atoms with Crippen molar-refractivity contribution in [2.75, 3.05) is 23.7 Å². The van der Waals surface area contributed by atoms with Crippen LogP contribution in [0.3, 0.4) is 0 Å². The van der Waals surface area contributed by atoms with E-state index in [9.17, 15) is 4.79 Å². The molecule has 39 heavy (non-hydrogen) atoms. The summed E-state index contributed by atoms with van der Waals surface area (Å²) in [6.07, 6.45) is 6.23. The Morgan fingerprint density at radius 2 is 1.92 bits per heavy atom. The second kappa shape index (κ2) is 10.1. The molecule has 0 unspecified atom stereocenters. The first kappa shape index (κ1) is 25.5. The first-order chi connectivity index (χ1) is 18.9. The molecule has 0 radical (unpaired) electrons. The Morgan fingerprint density at radius 3 is 2.64 bits per heavy atom. The molecule has 4 N–H and O–H groups in total. The van der Waals surface area contributed by atoms with Gasteiger partial charge in [-0.3, -0.25) is 14.8 Å². The summed E-state index contributed by atoms with van der Waals surface area (Å²) in [5.74, 6) is 1.35. The summed E-state index contributed by atoms with van der Waals surface area (Å²) in [6, 6.07) is 13.3. The smallest absolute Gasteiger partial charge is 0.181 e. The van der Waals surface area contributed by atoms with Gasteiger partial charge in [0.1, 0.15) is 22.1 Å². The highest BCUT2D eigenvalue weighted by Crippen LogP contribution is 2.47. The lowest BCUT2D eigenvalue weighted by molar-refractivity contribution is 0.0430. The zero-order valence-electron chi connectivity index (χ0n) is 21.2. The van der Waals surface area contributed by atoms with Crippen molar-refractivity contribution in [3.05, 3.63) is 77.3 Å². The molecule has 198 valence electrons. The van der Waals surface area contributed by atoms with Gasteiger partial charge in [0.2, 0.25) is 0 Å². The Morgan fingerprint density at radius 1 is 1.13 bits per heavy atom. The lowest BCUT2D eigenvalue weighted by atomic mass is 9.83. The lowest BCUT2D eigenvalue weighted by Crippen LogP contribution is -2.52. The zero-order chi connectivity index (χ0) is 27.1. The number of carbonyl (C=O) groups excluding carboxylic acids is 1. The predicted octanol–water partition coefficient (Wildman–Crippen LogP) is 4.95. The molecular formula is C28H26ClN7O2S. The number of hydrogen-bond donors (Lipinski definition) is 2. The maximum Gasteiger partial charge on any atom is 0.181 e. The molecule has 6 rings (SSSR count). The van der Waals surface area contributed by atoms with Gasteiger partial charge < -0.3 is 21.1 Å². The third-order valence-corrected chi connectivity index (χ3v) is 8.83. The van der Waals surface area contributed by atoms with Crippen LogP contribution in [0.4, 0.5) is 11.6 Å². The molecule has 4 aromatic rings. The number of fused-ring (bicyclic) bond motifs is 1. The molecule has 1 spiro atoms. The van der Waals surface area contributed by atoms with Gasteiger partial charge in [-0.2, -0.15) is 0 Å². The second-order valence-electron chi connectivity index (χ2n) is 9.62. The summed E-state index contributed by atoms with van der Waals surface area (Å²) in [5, 5.41) is 0.903. The van der Waals surface area contributed by atoms with E-state index in [-0.39, 0.29) is 23.3 Å². The van der Waals surface area contributed by atoms with Crippen LogP contribution in [0.1, 0.15) is 41.9 Å². The fourth-order valence-corrected chi connectivity index (χ4v) is 6.37. The van der Waals surface area contributed by atoms with E-state index in [0.29, 0.717) is 47.5 Å². The van der Waals surface area contributed by atoms with Crippen LogP contribution < -0.4 is 21.1 Å². The summed E-state index contributed by atoms with van der Waals surface area (Å²) in [4.78, 5) is 33.3. The van der Waals surface area contributed by atoms with E-state index in [0.717, 1.165) is 21.8 Å². The number of ketones is 1. The molecule has 11 heteroatoms. The van der Waals surface area contributed by atoms with Gasteiger partial charge in [-0.25, -0.2) is 9.97 Å². The second-order valence-corrected chi connectivity index (χ2v) is 11.0. The Bertz CT molecular complexity index is 1560. The molecule has 2 aromatic heterocycles. The number of piperidine rings is 1. The van der Waals surface area contributed by atoms with Gasteiger partial charge in [0, 0.05) is 61.3 Å². The number of aromatic nitrogens is 4. The van der Waals surface area contributed by atoms with Crippen LogP contribution in [0.25, 0.3) is 11.3 Å². The van der Waals surface area contributed by atoms with Crippen molar-refractivity contribution in [1.82, 2.24) is 19.9 Å². The Labute approximate surface area is 235 Å². The summed E-state index contributed by atoms with van der Waals surface area (Å²) < 4.78 is 6.37. The number of nitrogens with zero attached hydrogens (tertiary/aromatic N) is 5. The summed E-state index contributed by atoms with van der Waals surface area (Å²) in [7, 11) is 0. The number of Topliss-reactive ketones (excluding diaryl/α,β-unsaturated/α-hetero) is 1. The van der Waals surface area contributed by atoms with Gasteiger partial charge in [-0.15, -0.1) is 0 Å². The summed E-state index contributed by atoms with van der Waals surface area (Å²) >= 11 is 7.99. The molecule has 2 aliphatic rings. The minimum atomic E-state index is -0.476. The van der Waals surface area contributed by atoms with Gasteiger partial charge in [0.15, 0.2) is 17.4 Å². The maximum atomic E-state index is 12.7. The van der Waals surface area contributed by atoms with E-state index < -0.39 is 5.60 Å². The molecule has 1 fully saturated rings. The molecule has 0 saturated carbocycles. The SMILES string of the molecule is CC(=O)c1nc(Sc2cccc(-c3cnccn3)c2Cl)c(N)nc1N1CCC2(CC1)Oc1ccccc1[C@H]2N. The van der Waals surface area contributed by atoms with Gasteiger partial charge >= 0.3 is 0 Å². The first-order valence-electron chi connectivity index (χ1n) is 12.6. The van der Waals surface area contributed by atoms with Crippen molar-refractivity contribution in [2.45, 2.75) is 41.3 Å². The highest BCUT2D eigenvalue weighted by molar-refractivity contribution is 7.99. The topological polar surface area (TPSA) is 133 Å². The minimum Gasteiger partial charge on any atom is -0.485 e. The van der Waals surface area contributed by atoms with Gasteiger partial charge in [0.05, 0.1) is 23.0 Å². The average molecular weight is 560 g/mol. The van der Waals surface area contributed by atoms with Gasteiger partial charge in [0.25, 0.3) is 0 Å². The fraction of sp³-hybridized carbons (Fsp3) is 0.250. The predicted molar refractivity (Wildman–Crippen MR) is 151 cm³/mol.